The molecule has 5 N–H and O–H groups in total. The zero-order valence-corrected chi connectivity index (χ0v) is 14.5. The highest BCUT2D eigenvalue weighted by molar-refractivity contribution is 7.99. The number of rotatable bonds is 7. The minimum atomic E-state index is -3.44. The Balaban J connectivity index is 2.22. The second-order valence-electron chi connectivity index (χ2n) is 5.23. The number of nitrogens with two attached hydrogens (primary N) is 1. The van der Waals surface area contributed by atoms with Gasteiger partial charge in [0.2, 0.25) is 21.9 Å². The molecule has 0 saturated carbocycles. The van der Waals surface area contributed by atoms with Crippen molar-refractivity contribution in [3.63, 3.8) is 0 Å². The Morgan fingerprint density at radius 2 is 2.26 bits per heavy atom. The van der Waals surface area contributed by atoms with Gasteiger partial charge in [0.25, 0.3) is 0 Å². The monoisotopic (exact) mass is 362 g/mol. The number of amides is 1. The van der Waals surface area contributed by atoms with Gasteiger partial charge in [0.15, 0.2) is 0 Å². The molecule has 0 bridgehead atoms. The molecule has 0 aliphatic carbocycles. The van der Waals surface area contributed by atoms with Crippen LogP contribution >= 0.6 is 11.8 Å². The van der Waals surface area contributed by atoms with E-state index < -0.39 is 22.1 Å². The molecule has 130 valence electrons. The second-order valence-corrected chi connectivity index (χ2v) is 7.98. The molecule has 0 radical (unpaired) electrons. The first-order valence-corrected chi connectivity index (χ1v) is 10.1. The molecule has 1 aliphatic rings. The number of nitrogens with one attached hydrogen (secondary N) is 3. The van der Waals surface area contributed by atoms with Crippen LogP contribution in [0.4, 0.5) is 0 Å². The lowest BCUT2D eigenvalue weighted by Crippen LogP contribution is -2.46. The highest BCUT2D eigenvalue weighted by Crippen LogP contribution is 2.21. The number of guanidine groups is 1. The highest BCUT2D eigenvalue weighted by Gasteiger charge is 2.31. The molecule has 23 heavy (non-hydrogen) atoms. The molecule has 9 nitrogen and oxygen atoms in total. The smallest absolute Gasteiger partial charge is 0.241 e. The Labute approximate surface area is 140 Å². The van der Waals surface area contributed by atoms with Gasteiger partial charge in [-0.2, -0.15) is 5.26 Å². The summed E-state index contributed by atoms with van der Waals surface area (Å²) in [5, 5.41) is 19.0. The summed E-state index contributed by atoms with van der Waals surface area (Å²) < 4.78 is 23.8. The first kappa shape index (κ1) is 19.5. The van der Waals surface area contributed by atoms with Crippen molar-refractivity contribution in [2.75, 3.05) is 24.4 Å². The molecule has 0 unspecified atom stereocenters. The summed E-state index contributed by atoms with van der Waals surface area (Å²) in [5.41, 5.74) is 5.88. The van der Waals surface area contributed by atoms with Gasteiger partial charge >= 0.3 is 0 Å². The molecule has 1 fully saturated rings. The second kappa shape index (κ2) is 8.95. The van der Waals surface area contributed by atoms with Crippen molar-refractivity contribution < 1.29 is 13.2 Å². The van der Waals surface area contributed by atoms with E-state index >= 15 is 0 Å². The van der Waals surface area contributed by atoms with Gasteiger partial charge in [0.05, 0.1) is 24.2 Å². The normalized spacial score (nSPS) is 19.0. The average molecular weight is 362 g/mol. The maximum atomic E-state index is 12.2. The summed E-state index contributed by atoms with van der Waals surface area (Å²) in [6.45, 7) is 0.405. The molecule has 1 heterocycles. The Morgan fingerprint density at radius 3 is 2.87 bits per heavy atom. The van der Waals surface area contributed by atoms with Gasteiger partial charge in [-0.25, -0.2) is 8.42 Å². The van der Waals surface area contributed by atoms with Crippen molar-refractivity contribution in [2.45, 2.75) is 31.3 Å². The van der Waals surface area contributed by atoms with Gasteiger partial charge in [-0.05, 0) is 19.3 Å². The first-order valence-electron chi connectivity index (χ1n) is 7.08. The van der Waals surface area contributed by atoms with Crippen LogP contribution in [0.2, 0.25) is 0 Å². The topological polar surface area (TPSA) is 152 Å². The van der Waals surface area contributed by atoms with Crippen LogP contribution in [0.1, 0.15) is 19.3 Å². The van der Waals surface area contributed by atoms with Gasteiger partial charge in [-0.15, -0.1) is 11.8 Å². The number of hydrogen-bond donors (Lipinski definition) is 4. The van der Waals surface area contributed by atoms with Crippen molar-refractivity contribution in [1.29, 1.82) is 10.7 Å². The number of sulfonamides is 1. The molecule has 11 heteroatoms. The zero-order chi connectivity index (χ0) is 17.5. The summed E-state index contributed by atoms with van der Waals surface area (Å²) in [6, 6.07) is 1.06. The number of unbranched alkanes of at least 4 members (excludes halogenated alkanes) is 1. The fourth-order valence-corrected chi connectivity index (χ4v) is 3.56. The summed E-state index contributed by atoms with van der Waals surface area (Å²) in [6.07, 6.45) is 2.75. The van der Waals surface area contributed by atoms with Crippen LogP contribution in [0.3, 0.4) is 0 Å². The van der Waals surface area contributed by atoms with Crippen LogP contribution < -0.4 is 15.8 Å². The number of carbonyl (C=O) groups is 1. The van der Waals surface area contributed by atoms with E-state index in [0.29, 0.717) is 37.4 Å². The highest BCUT2D eigenvalue weighted by atomic mass is 32.2. The van der Waals surface area contributed by atoms with Gasteiger partial charge < -0.3 is 16.0 Å². The van der Waals surface area contributed by atoms with Gasteiger partial charge in [-0.1, -0.05) is 0 Å². The molecule has 0 aromatic rings. The van der Waals surface area contributed by atoms with E-state index in [1.165, 1.54) is 16.7 Å². The standard InChI is InChI=1S/C12H22N6O3S2/c1-23(20,21)17-12(15)16-5-3-2-4-10(14)11(19)18-8-22-7-9(18)6-13/h9-10H,2-5,7-8,14H2,1H3,(H3,15,16,17)/t9-,10+/m1/s1. The molecule has 1 aliphatic heterocycles. The fourth-order valence-electron chi connectivity index (χ4n) is 2.03. The fraction of sp³-hybridized carbons (Fsp3) is 0.750. The number of thioether (sulfide) groups is 1. The van der Waals surface area contributed by atoms with Crippen molar-refractivity contribution in [1.82, 2.24) is 14.9 Å². The predicted molar refractivity (Wildman–Crippen MR) is 89.1 cm³/mol. The molecular formula is C12H22N6O3S2. The van der Waals surface area contributed by atoms with Crippen LogP contribution in [0.25, 0.3) is 0 Å². The molecular weight excluding hydrogens is 340 g/mol. The summed E-state index contributed by atoms with van der Waals surface area (Å²) in [5.74, 6) is 0.634. The molecule has 2 atom stereocenters. The third-order valence-electron chi connectivity index (χ3n) is 3.16. The lowest BCUT2D eigenvalue weighted by atomic mass is 10.1. The van der Waals surface area contributed by atoms with Crippen LogP contribution in [0, 0.1) is 16.7 Å². The SMILES string of the molecule is CS(=O)(=O)NC(=N)NCCCC[C@H](N)C(=O)N1CSC[C@H]1C#N. The van der Waals surface area contributed by atoms with Crippen LogP contribution in [-0.4, -0.2) is 61.7 Å². The Hall–Kier alpha value is -1.51. The third-order valence-corrected chi connectivity index (χ3v) is 4.75. The van der Waals surface area contributed by atoms with E-state index in [1.54, 1.807) is 0 Å². The van der Waals surface area contributed by atoms with Gasteiger partial charge in [0.1, 0.15) is 6.04 Å². The largest absolute Gasteiger partial charge is 0.356 e. The maximum Gasteiger partial charge on any atom is 0.241 e. The van der Waals surface area contributed by atoms with Gasteiger partial charge in [0, 0.05) is 12.3 Å². The van der Waals surface area contributed by atoms with Crippen molar-refractivity contribution in [3.8, 4) is 6.07 Å². The number of nitriles is 1. The predicted octanol–water partition coefficient (Wildman–Crippen LogP) is -1.02. The Bertz CT molecular complexity index is 574. The number of hydrogen-bond acceptors (Lipinski definition) is 7. The van der Waals surface area contributed by atoms with Crippen LogP contribution in [0.5, 0.6) is 0 Å². The van der Waals surface area contributed by atoms with Crippen molar-refractivity contribution in [2.24, 2.45) is 5.73 Å². The van der Waals surface area contributed by atoms with E-state index in [9.17, 15) is 13.2 Å². The quantitative estimate of drug-likeness (QED) is 0.257. The van der Waals surface area contributed by atoms with E-state index in [1.807, 2.05) is 4.72 Å². The molecule has 0 spiro atoms. The Kier molecular flexibility index (Phi) is 7.60. The Morgan fingerprint density at radius 1 is 1.57 bits per heavy atom. The third kappa shape index (κ3) is 7.06. The van der Waals surface area contributed by atoms with Gasteiger partial charge in [-0.3, -0.25) is 14.9 Å². The molecule has 1 amide bonds. The van der Waals surface area contributed by atoms with Crippen molar-refractivity contribution in [3.05, 3.63) is 0 Å². The van der Waals surface area contributed by atoms with E-state index in [0.717, 1.165) is 6.26 Å². The minimum Gasteiger partial charge on any atom is -0.356 e. The van der Waals surface area contributed by atoms with Crippen LogP contribution in [0.15, 0.2) is 0 Å². The lowest BCUT2D eigenvalue weighted by molar-refractivity contribution is -0.132. The van der Waals surface area contributed by atoms with Crippen LogP contribution in [-0.2, 0) is 14.8 Å². The molecule has 0 aromatic heterocycles. The maximum absolute atomic E-state index is 12.2. The molecule has 0 aromatic carbocycles. The van der Waals surface area contributed by atoms with E-state index in [-0.39, 0.29) is 11.9 Å². The van der Waals surface area contributed by atoms with E-state index in [4.69, 9.17) is 16.4 Å². The summed E-state index contributed by atoms with van der Waals surface area (Å²) in [7, 11) is -3.44. The molecule has 1 saturated heterocycles. The summed E-state index contributed by atoms with van der Waals surface area (Å²) >= 11 is 1.54. The first-order chi connectivity index (χ1) is 10.7. The van der Waals surface area contributed by atoms with Crippen molar-refractivity contribution >= 4 is 33.7 Å². The molecule has 1 rings (SSSR count). The number of carbonyl (C=O) groups excluding carboxylic acids is 1. The minimum absolute atomic E-state index is 0.207. The number of nitrogens with zero attached hydrogens (tertiary/aromatic N) is 2. The summed E-state index contributed by atoms with van der Waals surface area (Å²) in [4.78, 5) is 13.7. The lowest BCUT2D eigenvalue weighted by Gasteiger charge is -2.22. The average Bonchev–Trinajstić information content (AvgIpc) is 2.92. The zero-order valence-electron chi connectivity index (χ0n) is 12.9. The van der Waals surface area contributed by atoms with E-state index in [2.05, 4.69) is 11.4 Å².